The van der Waals surface area contributed by atoms with Crippen LogP contribution in [0.1, 0.15) is 12.5 Å². The van der Waals surface area contributed by atoms with Crippen LogP contribution in [0, 0.1) is 5.82 Å². The van der Waals surface area contributed by atoms with Gasteiger partial charge in [-0.15, -0.1) is 0 Å². The smallest absolute Gasteiger partial charge is 0.337 e. The molecule has 0 fully saturated rings. The molecule has 0 bridgehead atoms. The largest absolute Gasteiger partial charge is 0.479 e. The van der Waals surface area contributed by atoms with Gasteiger partial charge in [0, 0.05) is 13.6 Å². The van der Waals surface area contributed by atoms with Crippen LogP contribution >= 0.6 is 0 Å². The van der Waals surface area contributed by atoms with Crippen molar-refractivity contribution in [1.82, 2.24) is 10.2 Å². The molecule has 0 aliphatic carbocycles. The van der Waals surface area contributed by atoms with Crippen LogP contribution in [-0.2, 0) is 11.3 Å². The molecule has 0 spiro atoms. The van der Waals surface area contributed by atoms with Gasteiger partial charge in [-0.25, -0.2) is 14.0 Å². The van der Waals surface area contributed by atoms with Crippen LogP contribution in [0.3, 0.4) is 0 Å². The zero-order chi connectivity index (χ0) is 15.3. The third-order valence-electron chi connectivity index (χ3n) is 2.70. The van der Waals surface area contributed by atoms with Gasteiger partial charge in [0.15, 0.2) is 5.60 Å². The lowest BCUT2D eigenvalue weighted by molar-refractivity contribution is -0.155. The first-order chi connectivity index (χ1) is 9.22. The number of carboxylic acid groups (broad SMARTS) is 1. The molecule has 6 nitrogen and oxygen atoms in total. The summed E-state index contributed by atoms with van der Waals surface area (Å²) >= 11 is 0. The maximum atomic E-state index is 13.0. The third-order valence-corrected chi connectivity index (χ3v) is 2.70. The van der Waals surface area contributed by atoms with Crippen molar-refractivity contribution in [1.29, 1.82) is 0 Å². The number of aliphatic carboxylic acids is 1. The summed E-state index contributed by atoms with van der Waals surface area (Å²) in [6.07, 6.45) is 0. The average molecular weight is 284 g/mol. The SMILES string of the molecule is CN(Cc1cccc(F)c1)C(=O)NCC(C)(O)C(=O)O. The molecule has 0 radical (unpaired) electrons. The minimum absolute atomic E-state index is 0.165. The molecule has 1 rings (SSSR count). The summed E-state index contributed by atoms with van der Waals surface area (Å²) in [6.45, 7) is 0.829. The van der Waals surface area contributed by atoms with Crippen molar-refractivity contribution in [3.8, 4) is 0 Å². The number of rotatable bonds is 5. The molecule has 0 aliphatic rings. The Hall–Kier alpha value is -2.15. The standard InChI is InChI=1S/C13H17FN2O4/c1-13(20,11(17)18)8-15-12(19)16(2)7-9-4-3-5-10(14)6-9/h3-6,20H,7-8H2,1-2H3,(H,15,19)(H,17,18). The molecule has 0 saturated heterocycles. The zero-order valence-electron chi connectivity index (χ0n) is 11.3. The van der Waals surface area contributed by atoms with Crippen LogP contribution in [0.25, 0.3) is 0 Å². The zero-order valence-corrected chi connectivity index (χ0v) is 11.3. The fraction of sp³-hybridized carbons (Fsp3) is 0.385. The molecule has 2 amide bonds. The van der Waals surface area contributed by atoms with E-state index in [0.29, 0.717) is 5.56 Å². The fourth-order valence-electron chi connectivity index (χ4n) is 1.44. The number of nitrogens with zero attached hydrogens (tertiary/aromatic N) is 1. The highest BCUT2D eigenvalue weighted by Crippen LogP contribution is 2.07. The first kappa shape index (κ1) is 15.9. The highest BCUT2D eigenvalue weighted by molar-refractivity contribution is 5.79. The molecule has 7 heteroatoms. The van der Waals surface area contributed by atoms with E-state index in [9.17, 15) is 19.1 Å². The van der Waals surface area contributed by atoms with Gasteiger partial charge in [0.2, 0.25) is 0 Å². The Kier molecular flexibility index (Phi) is 5.04. The molecule has 1 atom stereocenters. The van der Waals surface area contributed by atoms with Crippen molar-refractivity contribution >= 4 is 12.0 Å². The lowest BCUT2D eigenvalue weighted by atomic mass is 10.1. The quantitative estimate of drug-likeness (QED) is 0.746. The first-order valence-corrected chi connectivity index (χ1v) is 5.91. The molecule has 1 aromatic carbocycles. The van der Waals surface area contributed by atoms with Crippen molar-refractivity contribution in [2.45, 2.75) is 19.1 Å². The van der Waals surface area contributed by atoms with Crippen molar-refractivity contribution < 1.29 is 24.2 Å². The first-order valence-electron chi connectivity index (χ1n) is 5.91. The number of aliphatic hydroxyl groups is 1. The third kappa shape index (κ3) is 4.51. The molecule has 0 heterocycles. The number of carbonyl (C=O) groups is 2. The summed E-state index contributed by atoms with van der Waals surface area (Å²) in [7, 11) is 1.48. The molecule has 3 N–H and O–H groups in total. The maximum Gasteiger partial charge on any atom is 0.337 e. The fourth-order valence-corrected chi connectivity index (χ4v) is 1.44. The monoisotopic (exact) mass is 284 g/mol. The van der Waals surface area contributed by atoms with Crippen LogP contribution in [0.15, 0.2) is 24.3 Å². The number of amides is 2. The number of halogens is 1. The molecule has 110 valence electrons. The van der Waals surface area contributed by atoms with E-state index in [4.69, 9.17) is 5.11 Å². The molecule has 0 aliphatic heterocycles. The van der Waals surface area contributed by atoms with E-state index in [2.05, 4.69) is 5.32 Å². The Morgan fingerprint density at radius 2 is 2.10 bits per heavy atom. The Balaban J connectivity index is 2.54. The Bertz CT molecular complexity index is 505. The van der Waals surface area contributed by atoms with Gasteiger partial charge in [-0.2, -0.15) is 0 Å². The lowest BCUT2D eigenvalue weighted by Gasteiger charge is -2.22. The second kappa shape index (κ2) is 6.33. The number of carboxylic acids is 1. The van der Waals surface area contributed by atoms with Crippen LogP contribution in [0.2, 0.25) is 0 Å². The van der Waals surface area contributed by atoms with Gasteiger partial charge in [-0.1, -0.05) is 12.1 Å². The minimum Gasteiger partial charge on any atom is -0.479 e. The Morgan fingerprint density at radius 1 is 1.45 bits per heavy atom. The molecule has 1 aromatic rings. The molecule has 1 unspecified atom stereocenters. The van der Waals surface area contributed by atoms with Crippen LogP contribution < -0.4 is 5.32 Å². The van der Waals surface area contributed by atoms with Gasteiger partial charge in [-0.3, -0.25) is 0 Å². The molecule has 20 heavy (non-hydrogen) atoms. The van der Waals surface area contributed by atoms with Crippen molar-refractivity contribution in [2.24, 2.45) is 0 Å². The summed E-state index contributed by atoms with van der Waals surface area (Å²) in [5.41, 5.74) is -1.43. The van der Waals surface area contributed by atoms with Gasteiger partial charge in [-0.05, 0) is 24.6 Å². The Labute approximate surface area is 115 Å². The van der Waals surface area contributed by atoms with E-state index < -0.39 is 30.0 Å². The van der Waals surface area contributed by atoms with Gasteiger partial charge in [0.1, 0.15) is 5.82 Å². The highest BCUT2D eigenvalue weighted by atomic mass is 19.1. The summed E-state index contributed by atoms with van der Waals surface area (Å²) in [4.78, 5) is 23.7. The Morgan fingerprint density at radius 3 is 2.65 bits per heavy atom. The minimum atomic E-state index is -2.03. The number of nitrogens with one attached hydrogen (secondary N) is 1. The van der Waals surface area contributed by atoms with E-state index in [0.717, 1.165) is 6.92 Å². The van der Waals surface area contributed by atoms with E-state index in [1.54, 1.807) is 6.07 Å². The topological polar surface area (TPSA) is 89.9 Å². The van der Waals surface area contributed by atoms with Crippen LogP contribution in [0.4, 0.5) is 9.18 Å². The van der Waals surface area contributed by atoms with Gasteiger partial charge < -0.3 is 20.4 Å². The summed E-state index contributed by atoms with van der Waals surface area (Å²) < 4.78 is 13.0. The predicted octanol–water partition coefficient (Wildman–Crippen LogP) is 0.803. The second-order valence-corrected chi connectivity index (χ2v) is 4.72. The number of hydrogen-bond acceptors (Lipinski definition) is 3. The highest BCUT2D eigenvalue weighted by Gasteiger charge is 2.30. The average Bonchev–Trinajstić information content (AvgIpc) is 2.35. The molecule has 0 aromatic heterocycles. The molecule has 0 saturated carbocycles. The number of urea groups is 1. The normalized spacial score (nSPS) is 13.4. The van der Waals surface area contributed by atoms with Gasteiger partial charge >= 0.3 is 12.0 Å². The predicted molar refractivity (Wildman–Crippen MR) is 69.5 cm³/mol. The lowest BCUT2D eigenvalue weighted by Crippen LogP contribution is -2.49. The second-order valence-electron chi connectivity index (χ2n) is 4.72. The summed E-state index contributed by atoms with van der Waals surface area (Å²) in [6, 6.07) is 5.24. The van der Waals surface area contributed by atoms with Crippen molar-refractivity contribution in [2.75, 3.05) is 13.6 Å². The number of benzene rings is 1. The molecular weight excluding hydrogens is 267 g/mol. The van der Waals surface area contributed by atoms with E-state index >= 15 is 0 Å². The van der Waals surface area contributed by atoms with Crippen LogP contribution in [0.5, 0.6) is 0 Å². The summed E-state index contributed by atoms with van der Waals surface area (Å²) in [5, 5.41) is 20.5. The van der Waals surface area contributed by atoms with Gasteiger partial charge in [0.25, 0.3) is 0 Å². The van der Waals surface area contributed by atoms with E-state index in [-0.39, 0.29) is 6.54 Å². The number of hydrogen-bond donors (Lipinski definition) is 3. The van der Waals surface area contributed by atoms with E-state index in [1.807, 2.05) is 0 Å². The van der Waals surface area contributed by atoms with Gasteiger partial charge in [0.05, 0.1) is 6.54 Å². The van der Waals surface area contributed by atoms with Crippen molar-refractivity contribution in [3.05, 3.63) is 35.6 Å². The van der Waals surface area contributed by atoms with E-state index in [1.165, 1.54) is 30.1 Å². The molecular formula is C13H17FN2O4. The number of carbonyl (C=O) groups excluding carboxylic acids is 1. The van der Waals surface area contributed by atoms with Crippen molar-refractivity contribution in [3.63, 3.8) is 0 Å². The summed E-state index contributed by atoms with van der Waals surface area (Å²) in [5.74, 6) is -1.82. The van der Waals surface area contributed by atoms with Crippen LogP contribution in [-0.4, -0.2) is 46.3 Å². The maximum absolute atomic E-state index is 13.0.